The van der Waals surface area contributed by atoms with E-state index in [1.54, 1.807) is 11.3 Å². The molecule has 2 saturated heterocycles. The van der Waals surface area contributed by atoms with E-state index < -0.39 is 0 Å². The van der Waals surface area contributed by atoms with Crippen molar-refractivity contribution in [3.05, 3.63) is 33.9 Å². The van der Waals surface area contributed by atoms with Gasteiger partial charge in [0.2, 0.25) is 0 Å². The van der Waals surface area contributed by atoms with Crippen LogP contribution in [-0.2, 0) is 11.3 Å². The fourth-order valence-corrected chi connectivity index (χ4v) is 4.49. The van der Waals surface area contributed by atoms with Crippen LogP contribution in [0.15, 0.2) is 17.5 Å². The number of nitrogens with zero attached hydrogens (tertiary/aromatic N) is 5. The third kappa shape index (κ3) is 3.83. The second kappa shape index (κ2) is 6.97. The molecule has 0 saturated carbocycles. The molecule has 4 heterocycles. The lowest BCUT2D eigenvalue weighted by Gasteiger charge is -2.48. The third-order valence-corrected chi connectivity index (χ3v) is 5.85. The Labute approximate surface area is 152 Å². The number of aryl methyl sites for hydroxylation is 2. The number of aromatic nitrogens is 3. The van der Waals surface area contributed by atoms with E-state index >= 15 is 0 Å². The topological polar surface area (TPSA) is 54.4 Å². The molecule has 4 rings (SSSR count). The van der Waals surface area contributed by atoms with Gasteiger partial charge in [0.15, 0.2) is 5.82 Å². The quantitative estimate of drug-likeness (QED) is 0.839. The van der Waals surface area contributed by atoms with Crippen molar-refractivity contribution in [2.75, 3.05) is 37.7 Å². The van der Waals surface area contributed by atoms with Crippen molar-refractivity contribution in [2.45, 2.75) is 38.8 Å². The largest absolute Gasteiger partial charge is 0.370 e. The van der Waals surface area contributed by atoms with Gasteiger partial charge in [-0.1, -0.05) is 0 Å². The summed E-state index contributed by atoms with van der Waals surface area (Å²) in [6, 6.07) is 4.10. The minimum atomic E-state index is -0.103. The molecule has 25 heavy (non-hydrogen) atoms. The van der Waals surface area contributed by atoms with E-state index in [4.69, 9.17) is 4.74 Å². The summed E-state index contributed by atoms with van der Waals surface area (Å²) in [6.45, 7) is 9.54. The second-order valence-corrected chi connectivity index (χ2v) is 8.22. The Morgan fingerprint density at radius 3 is 2.88 bits per heavy atom. The van der Waals surface area contributed by atoms with Gasteiger partial charge < -0.3 is 9.64 Å². The predicted molar refractivity (Wildman–Crippen MR) is 99.0 cm³/mol. The summed E-state index contributed by atoms with van der Waals surface area (Å²) in [6.07, 6.45) is 2.27. The van der Waals surface area contributed by atoms with E-state index in [0.29, 0.717) is 0 Å². The van der Waals surface area contributed by atoms with Gasteiger partial charge in [0.25, 0.3) is 0 Å². The van der Waals surface area contributed by atoms with Crippen molar-refractivity contribution < 1.29 is 4.74 Å². The number of thiazole rings is 1. The molecule has 0 radical (unpaired) electrons. The van der Waals surface area contributed by atoms with E-state index in [0.717, 1.165) is 68.7 Å². The summed E-state index contributed by atoms with van der Waals surface area (Å²) in [5, 5.41) is 11.9. The first-order valence-corrected chi connectivity index (χ1v) is 9.83. The molecule has 0 N–H and O–H groups in total. The lowest BCUT2D eigenvalue weighted by atomic mass is 9.90. The van der Waals surface area contributed by atoms with Crippen LogP contribution in [0.1, 0.15) is 29.2 Å². The molecule has 0 aromatic carbocycles. The molecule has 134 valence electrons. The van der Waals surface area contributed by atoms with Crippen LogP contribution in [0, 0.1) is 13.8 Å². The molecule has 1 spiro atoms. The minimum Gasteiger partial charge on any atom is -0.370 e. The molecule has 0 unspecified atom stereocenters. The highest BCUT2D eigenvalue weighted by atomic mass is 32.1. The van der Waals surface area contributed by atoms with E-state index in [-0.39, 0.29) is 5.60 Å². The van der Waals surface area contributed by atoms with Gasteiger partial charge in [0.1, 0.15) is 0 Å². The van der Waals surface area contributed by atoms with Crippen LogP contribution in [-0.4, -0.2) is 58.5 Å². The van der Waals surface area contributed by atoms with Crippen molar-refractivity contribution in [3.8, 4) is 0 Å². The Hall–Kier alpha value is -1.57. The number of rotatable bonds is 3. The number of hydrogen-bond acceptors (Lipinski definition) is 7. The number of anilines is 1. The molecule has 2 aromatic heterocycles. The molecule has 2 fully saturated rings. The van der Waals surface area contributed by atoms with Gasteiger partial charge in [-0.2, -0.15) is 5.10 Å². The van der Waals surface area contributed by atoms with E-state index in [9.17, 15) is 0 Å². The average Bonchev–Trinajstić information content (AvgIpc) is 3.00. The fourth-order valence-electron chi connectivity index (χ4n) is 3.88. The Kier molecular flexibility index (Phi) is 4.71. The highest BCUT2D eigenvalue weighted by Gasteiger charge is 2.41. The summed E-state index contributed by atoms with van der Waals surface area (Å²) in [4.78, 5) is 9.43. The van der Waals surface area contributed by atoms with Gasteiger partial charge in [-0.05, 0) is 45.4 Å². The number of likely N-dealkylation sites (tertiary alicyclic amines) is 1. The highest BCUT2D eigenvalue weighted by Crippen LogP contribution is 2.31. The van der Waals surface area contributed by atoms with Gasteiger partial charge in [-0.3, -0.25) is 4.90 Å². The Morgan fingerprint density at radius 1 is 1.20 bits per heavy atom. The van der Waals surface area contributed by atoms with Crippen LogP contribution >= 0.6 is 11.3 Å². The summed E-state index contributed by atoms with van der Waals surface area (Å²) in [5.74, 6) is 0.959. The summed E-state index contributed by atoms with van der Waals surface area (Å²) in [7, 11) is 0. The zero-order valence-electron chi connectivity index (χ0n) is 14.9. The first-order valence-electron chi connectivity index (χ1n) is 8.95. The summed E-state index contributed by atoms with van der Waals surface area (Å²) in [5.41, 5.74) is 2.03. The zero-order chi connectivity index (χ0) is 17.3. The van der Waals surface area contributed by atoms with Crippen molar-refractivity contribution in [3.63, 3.8) is 0 Å². The monoisotopic (exact) mass is 359 g/mol. The van der Waals surface area contributed by atoms with Gasteiger partial charge in [-0.15, -0.1) is 16.4 Å². The van der Waals surface area contributed by atoms with Gasteiger partial charge in [0.05, 0.1) is 28.6 Å². The molecule has 1 atom stereocenters. The molecule has 2 aromatic rings. The van der Waals surface area contributed by atoms with E-state index in [1.165, 1.54) is 5.69 Å². The van der Waals surface area contributed by atoms with E-state index in [1.807, 2.05) is 13.0 Å². The maximum absolute atomic E-state index is 6.31. The van der Waals surface area contributed by atoms with Crippen LogP contribution in [0.4, 0.5) is 5.82 Å². The van der Waals surface area contributed by atoms with E-state index in [2.05, 4.69) is 43.4 Å². The maximum Gasteiger partial charge on any atom is 0.151 e. The lowest BCUT2D eigenvalue weighted by molar-refractivity contribution is -0.0988. The smallest absolute Gasteiger partial charge is 0.151 e. The lowest BCUT2D eigenvalue weighted by Crippen LogP contribution is -2.59. The van der Waals surface area contributed by atoms with Crippen LogP contribution in [0.3, 0.4) is 0 Å². The first kappa shape index (κ1) is 16.9. The SMILES string of the molecule is Cc1ccc(N2CCO[C@]3(CCCN(Cc4csc(C)n4)C3)C2)nn1. The van der Waals surface area contributed by atoms with Crippen molar-refractivity contribution in [2.24, 2.45) is 0 Å². The summed E-state index contributed by atoms with van der Waals surface area (Å²) >= 11 is 1.73. The highest BCUT2D eigenvalue weighted by molar-refractivity contribution is 7.09. The van der Waals surface area contributed by atoms with Gasteiger partial charge in [-0.25, -0.2) is 4.98 Å². The fraction of sp³-hybridized carbons (Fsp3) is 0.611. The molecular formula is C18H25N5OS. The van der Waals surface area contributed by atoms with Crippen LogP contribution in [0.5, 0.6) is 0 Å². The molecule has 7 heteroatoms. The number of hydrogen-bond donors (Lipinski definition) is 0. The van der Waals surface area contributed by atoms with Crippen molar-refractivity contribution in [1.29, 1.82) is 0 Å². The minimum absolute atomic E-state index is 0.103. The predicted octanol–water partition coefficient (Wildman–Crippen LogP) is 2.42. The standard InChI is InChI=1S/C18H25N5OS/c1-14-4-5-17(21-20-14)23-8-9-24-18(13-23)6-3-7-22(12-18)10-16-11-25-15(2)19-16/h4-5,11H,3,6-10,12-13H2,1-2H3/t18-/m0/s1. The van der Waals surface area contributed by atoms with Gasteiger partial charge >= 0.3 is 0 Å². The molecular weight excluding hydrogens is 334 g/mol. The van der Waals surface area contributed by atoms with Crippen LogP contribution < -0.4 is 4.90 Å². The number of morpholine rings is 1. The Balaban J connectivity index is 1.45. The molecule has 2 aliphatic rings. The van der Waals surface area contributed by atoms with Crippen LogP contribution in [0.25, 0.3) is 0 Å². The molecule has 0 bridgehead atoms. The zero-order valence-corrected chi connectivity index (χ0v) is 15.8. The van der Waals surface area contributed by atoms with Crippen LogP contribution in [0.2, 0.25) is 0 Å². The average molecular weight is 359 g/mol. The first-order chi connectivity index (χ1) is 12.1. The van der Waals surface area contributed by atoms with Crippen molar-refractivity contribution >= 4 is 17.2 Å². The Bertz CT molecular complexity index is 715. The normalized spacial score (nSPS) is 24.8. The Morgan fingerprint density at radius 2 is 2.12 bits per heavy atom. The third-order valence-electron chi connectivity index (χ3n) is 5.03. The molecule has 6 nitrogen and oxygen atoms in total. The molecule has 0 aliphatic carbocycles. The number of ether oxygens (including phenoxy) is 1. The maximum atomic E-state index is 6.31. The molecule has 2 aliphatic heterocycles. The van der Waals surface area contributed by atoms with Crippen molar-refractivity contribution in [1.82, 2.24) is 20.1 Å². The number of piperidine rings is 1. The molecule has 0 amide bonds. The summed E-state index contributed by atoms with van der Waals surface area (Å²) < 4.78 is 6.31. The second-order valence-electron chi connectivity index (χ2n) is 7.16. The van der Waals surface area contributed by atoms with Gasteiger partial charge in [0, 0.05) is 31.6 Å².